The minimum absolute atomic E-state index is 0.441. The van der Waals surface area contributed by atoms with Gasteiger partial charge < -0.3 is 25.0 Å². The highest BCUT2D eigenvalue weighted by Crippen LogP contribution is 2.34. The van der Waals surface area contributed by atoms with Crippen LogP contribution in [-0.2, 0) is 0 Å². The number of amides is 2. The van der Waals surface area contributed by atoms with Crippen LogP contribution >= 0.6 is 0 Å². The Morgan fingerprint density at radius 3 is 2.46 bits per heavy atom. The van der Waals surface area contributed by atoms with Crippen LogP contribution in [-0.4, -0.2) is 63.4 Å². The molecule has 2 aromatic rings. The molecule has 0 aliphatic carbocycles. The van der Waals surface area contributed by atoms with Gasteiger partial charge in [0.1, 0.15) is 0 Å². The molecule has 0 spiro atoms. The smallest absolute Gasteiger partial charge is 0.330 e. The second-order valence-corrected chi connectivity index (χ2v) is 6.15. The van der Waals surface area contributed by atoms with E-state index < -0.39 is 6.03 Å². The zero-order chi connectivity index (χ0) is 18.7. The first-order valence-electron chi connectivity index (χ1n) is 8.33. The number of urea groups is 1. The molecule has 10 heteroatoms. The number of anilines is 2. The van der Waals surface area contributed by atoms with Crippen molar-refractivity contribution in [3.05, 3.63) is 12.1 Å². The van der Waals surface area contributed by atoms with Gasteiger partial charge in [0.15, 0.2) is 17.3 Å². The number of primary amides is 1. The first kappa shape index (κ1) is 17.8. The average molecular weight is 362 g/mol. The van der Waals surface area contributed by atoms with Crippen LogP contribution in [0.15, 0.2) is 12.1 Å². The summed E-state index contributed by atoms with van der Waals surface area (Å²) in [5, 5.41) is 0.680. The maximum absolute atomic E-state index is 11.1. The van der Waals surface area contributed by atoms with Gasteiger partial charge in [0.05, 0.1) is 53.0 Å². The Labute approximate surface area is 151 Å². The Hall–Kier alpha value is -3.01. The summed E-state index contributed by atoms with van der Waals surface area (Å²) in [5.74, 6) is 2.14. The molecule has 0 bridgehead atoms. The number of hydrogen-bond acceptors (Lipinski definition) is 7. The van der Waals surface area contributed by atoms with Gasteiger partial charge in [-0.3, -0.25) is 10.9 Å². The van der Waals surface area contributed by atoms with Crippen LogP contribution < -0.4 is 35.9 Å². The van der Waals surface area contributed by atoms with Crippen LogP contribution in [0.2, 0.25) is 0 Å². The molecule has 1 saturated heterocycles. The fraction of sp³-hybridized carbons (Fsp3) is 0.438. The van der Waals surface area contributed by atoms with Crippen LogP contribution in [0.3, 0.4) is 0 Å². The molecule has 0 saturated carbocycles. The van der Waals surface area contributed by atoms with Crippen molar-refractivity contribution in [3.8, 4) is 11.5 Å². The van der Waals surface area contributed by atoms with Gasteiger partial charge in [-0.1, -0.05) is 0 Å². The predicted octanol–water partition coefficient (Wildman–Crippen LogP) is -1.02. The maximum Gasteiger partial charge on any atom is 0.330 e. The molecule has 1 fully saturated rings. The minimum Gasteiger partial charge on any atom is -0.493 e. The predicted molar refractivity (Wildman–Crippen MR) is 97.8 cm³/mol. The Morgan fingerprint density at radius 1 is 1.19 bits per heavy atom. The van der Waals surface area contributed by atoms with Crippen LogP contribution in [0, 0.1) is 0 Å². The van der Waals surface area contributed by atoms with E-state index in [9.17, 15) is 4.79 Å². The van der Waals surface area contributed by atoms with E-state index in [-0.39, 0.29) is 0 Å². The quantitative estimate of drug-likeness (QED) is 0.503. The van der Waals surface area contributed by atoms with Crippen molar-refractivity contribution >= 4 is 28.7 Å². The average Bonchev–Trinajstić information content (AvgIpc) is 2.65. The molecule has 2 amide bonds. The van der Waals surface area contributed by atoms with Crippen molar-refractivity contribution in [2.24, 2.45) is 5.73 Å². The number of carbonyl (C=O) groups excluding carboxylic acids is 1. The third-order valence-corrected chi connectivity index (χ3v) is 4.39. The van der Waals surface area contributed by atoms with Crippen molar-refractivity contribution < 1.29 is 19.2 Å². The molecule has 140 valence electrons. The molecule has 0 atom stereocenters. The zero-order valence-corrected chi connectivity index (χ0v) is 15.1. The van der Waals surface area contributed by atoms with Crippen molar-refractivity contribution in [3.63, 3.8) is 0 Å². The molecule has 10 nitrogen and oxygen atoms in total. The molecular weight excluding hydrogens is 338 g/mol. The SMILES string of the molecule is COc1cc2nc(N3CC[NH+](C)CC3)nc(NNC(N)=O)c2cc1OC. The lowest BCUT2D eigenvalue weighted by molar-refractivity contribution is -0.880. The summed E-state index contributed by atoms with van der Waals surface area (Å²) in [6, 6.07) is 2.84. The molecule has 1 aromatic heterocycles. The highest BCUT2D eigenvalue weighted by Gasteiger charge is 2.21. The fourth-order valence-corrected chi connectivity index (χ4v) is 2.89. The summed E-state index contributed by atoms with van der Waals surface area (Å²) in [4.78, 5) is 24.0. The molecule has 1 aromatic carbocycles. The maximum atomic E-state index is 11.1. The lowest BCUT2D eigenvalue weighted by Crippen LogP contribution is -3.12. The number of nitrogens with two attached hydrogens (primary N) is 1. The second-order valence-electron chi connectivity index (χ2n) is 6.15. The molecule has 1 aliphatic rings. The lowest BCUT2D eigenvalue weighted by Gasteiger charge is -2.30. The fourth-order valence-electron chi connectivity index (χ4n) is 2.89. The van der Waals surface area contributed by atoms with Crippen LogP contribution in [0.4, 0.5) is 16.6 Å². The van der Waals surface area contributed by atoms with Crippen molar-refractivity contribution in [1.82, 2.24) is 15.4 Å². The van der Waals surface area contributed by atoms with E-state index in [4.69, 9.17) is 15.2 Å². The van der Waals surface area contributed by atoms with Gasteiger partial charge in [0.25, 0.3) is 0 Å². The Kier molecular flexibility index (Phi) is 5.12. The Balaban J connectivity index is 2.07. The van der Waals surface area contributed by atoms with Gasteiger partial charge in [0, 0.05) is 11.5 Å². The summed E-state index contributed by atoms with van der Waals surface area (Å²) in [7, 11) is 5.29. The molecule has 2 heterocycles. The van der Waals surface area contributed by atoms with Gasteiger partial charge in [-0.05, 0) is 6.07 Å². The summed E-state index contributed by atoms with van der Waals surface area (Å²) in [5.41, 5.74) is 11.0. The number of nitrogens with zero attached hydrogens (tertiary/aromatic N) is 3. The first-order chi connectivity index (χ1) is 12.5. The molecule has 1 aliphatic heterocycles. The standard InChI is InChI=1S/C16H23N7O3/c1-22-4-6-23(7-5-22)16-18-11-9-13(26-3)12(25-2)8-10(11)14(19-16)20-21-15(17)24/h8-9H,4-7H2,1-3H3,(H3,17,21,24)(H,18,19,20)/p+1. The van der Waals surface area contributed by atoms with E-state index >= 15 is 0 Å². The number of rotatable bonds is 5. The number of aromatic nitrogens is 2. The van der Waals surface area contributed by atoms with Crippen molar-refractivity contribution in [1.29, 1.82) is 0 Å². The third kappa shape index (κ3) is 3.64. The number of quaternary nitrogens is 1. The molecule has 0 unspecified atom stereocenters. The molecular formula is C16H24N7O3+. The molecule has 3 rings (SSSR count). The van der Waals surface area contributed by atoms with E-state index in [2.05, 4.69) is 32.8 Å². The van der Waals surface area contributed by atoms with Crippen LogP contribution in [0.5, 0.6) is 11.5 Å². The highest BCUT2D eigenvalue weighted by molar-refractivity contribution is 5.93. The third-order valence-electron chi connectivity index (χ3n) is 4.39. The van der Waals surface area contributed by atoms with Gasteiger partial charge in [0.2, 0.25) is 5.95 Å². The number of likely N-dealkylation sites (N-methyl/N-ethyl adjacent to an activating group) is 1. The molecule has 0 radical (unpaired) electrons. The number of nitrogens with one attached hydrogen (secondary N) is 3. The molecule has 26 heavy (non-hydrogen) atoms. The van der Waals surface area contributed by atoms with Crippen molar-refractivity contribution in [2.45, 2.75) is 0 Å². The summed E-state index contributed by atoms with van der Waals surface area (Å²) in [6.07, 6.45) is 0. The first-order valence-corrected chi connectivity index (χ1v) is 8.33. The van der Waals surface area contributed by atoms with E-state index in [0.29, 0.717) is 34.2 Å². The van der Waals surface area contributed by atoms with E-state index in [1.165, 1.54) is 4.90 Å². The normalized spacial score (nSPS) is 15.0. The van der Waals surface area contributed by atoms with Gasteiger partial charge in [-0.15, -0.1) is 0 Å². The zero-order valence-electron chi connectivity index (χ0n) is 15.1. The van der Waals surface area contributed by atoms with E-state index in [1.54, 1.807) is 26.4 Å². The highest BCUT2D eigenvalue weighted by atomic mass is 16.5. The number of hydrazine groups is 1. The summed E-state index contributed by atoms with van der Waals surface area (Å²) >= 11 is 0. The Bertz CT molecular complexity index is 806. The van der Waals surface area contributed by atoms with Crippen LogP contribution in [0.1, 0.15) is 0 Å². The monoisotopic (exact) mass is 362 g/mol. The number of carbonyl (C=O) groups is 1. The largest absolute Gasteiger partial charge is 0.493 e. The van der Waals surface area contributed by atoms with Crippen molar-refractivity contribution in [2.75, 3.05) is 57.8 Å². The Morgan fingerprint density at radius 2 is 1.85 bits per heavy atom. The lowest BCUT2D eigenvalue weighted by atomic mass is 10.2. The topological polar surface area (TPSA) is 119 Å². The summed E-state index contributed by atoms with van der Waals surface area (Å²) < 4.78 is 10.7. The van der Waals surface area contributed by atoms with Gasteiger partial charge in [-0.2, -0.15) is 4.98 Å². The number of methoxy groups -OCH3 is 2. The number of ether oxygens (including phenoxy) is 2. The summed E-state index contributed by atoms with van der Waals surface area (Å²) in [6.45, 7) is 3.73. The van der Waals surface area contributed by atoms with E-state index in [0.717, 1.165) is 26.2 Å². The number of hydrogen-bond donors (Lipinski definition) is 4. The van der Waals surface area contributed by atoms with Crippen LogP contribution in [0.25, 0.3) is 10.9 Å². The van der Waals surface area contributed by atoms with E-state index in [1.807, 2.05) is 0 Å². The van der Waals surface area contributed by atoms with Gasteiger partial charge in [-0.25, -0.2) is 9.78 Å². The van der Waals surface area contributed by atoms with Gasteiger partial charge >= 0.3 is 6.03 Å². The number of benzene rings is 1. The molecule has 5 N–H and O–H groups in total. The number of piperazine rings is 1. The minimum atomic E-state index is -0.706. The number of fused-ring (bicyclic) bond motifs is 1. The second kappa shape index (κ2) is 7.48.